The molecule has 5 rings (SSSR count). The summed E-state index contributed by atoms with van der Waals surface area (Å²) in [7, 11) is 2.35. The Kier molecular flexibility index (Phi) is 3.31. The van der Waals surface area contributed by atoms with E-state index in [0.717, 1.165) is 12.0 Å². The maximum absolute atomic E-state index is 4.18. The van der Waals surface area contributed by atoms with Gasteiger partial charge in [0.2, 0.25) is 0 Å². The van der Waals surface area contributed by atoms with Crippen LogP contribution in [0.15, 0.2) is 42.7 Å². The first-order chi connectivity index (χ1) is 11.8. The molecule has 2 aromatic rings. The van der Waals surface area contributed by atoms with E-state index in [4.69, 9.17) is 0 Å². The Bertz CT molecular complexity index is 754. The molecule has 0 unspecified atom stereocenters. The van der Waals surface area contributed by atoms with Crippen molar-refractivity contribution >= 4 is 0 Å². The first kappa shape index (κ1) is 14.7. The van der Waals surface area contributed by atoms with Crippen LogP contribution in [0.1, 0.15) is 43.2 Å². The Balaban J connectivity index is 1.66. The normalized spacial score (nSPS) is 32.0. The molecule has 2 bridgehead atoms. The van der Waals surface area contributed by atoms with Gasteiger partial charge in [-0.05, 0) is 79.6 Å². The summed E-state index contributed by atoms with van der Waals surface area (Å²) in [5, 5.41) is 0. The number of hydrogen-bond donors (Lipinski definition) is 0. The number of hydrogen-bond acceptors (Lipinski definition) is 2. The Hall–Kier alpha value is -1.67. The van der Waals surface area contributed by atoms with Gasteiger partial charge in [-0.2, -0.15) is 0 Å². The van der Waals surface area contributed by atoms with Crippen molar-refractivity contribution in [3.8, 4) is 11.1 Å². The second-order valence-electron chi connectivity index (χ2n) is 8.12. The van der Waals surface area contributed by atoms with Gasteiger partial charge >= 0.3 is 0 Å². The third-order valence-corrected chi connectivity index (χ3v) is 7.13. The minimum Gasteiger partial charge on any atom is -0.303 e. The second kappa shape index (κ2) is 5.42. The van der Waals surface area contributed by atoms with E-state index in [-0.39, 0.29) is 0 Å². The molecule has 2 nitrogen and oxygen atoms in total. The summed E-state index contributed by atoms with van der Waals surface area (Å²) in [5.41, 5.74) is 6.42. The van der Waals surface area contributed by atoms with Crippen LogP contribution >= 0.6 is 0 Å². The molecule has 3 aliphatic rings. The van der Waals surface area contributed by atoms with Gasteiger partial charge in [0.05, 0.1) is 0 Å². The first-order valence-electron chi connectivity index (χ1n) is 9.52. The zero-order valence-electron chi connectivity index (χ0n) is 14.5. The van der Waals surface area contributed by atoms with E-state index in [0.29, 0.717) is 5.41 Å². The van der Waals surface area contributed by atoms with E-state index in [1.807, 2.05) is 12.4 Å². The number of piperidine rings is 1. The average molecular weight is 318 g/mol. The lowest BCUT2D eigenvalue weighted by atomic mass is 9.52. The molecule has 0 radical (unpaired) electrons. The van der Waals surface area contributed by atoms with Crippen LogP contribution in [-0.4, -0.2) is 29.5 Å². The number of rotatable bonds is 1. The van der Waals surface area contributed by atoms with Crippen molar-refractivity contribution in [1.29, 1.82) is 0 Å². The average Bonchev–Trinajstić information content (AvgIpc) is 2.65. The highest BCUT2D eigenvalue weighted by atomic mass is 15.1. The highest BCUT2D eigenvalue weighted by Crippen LogP contribution is 2.55. The molecule has 0 N–H and O–H groups in total. The van der Waals surface area contributed by atoms with Crippen molar-refractivity contribution in [2.75, 3.05) is 13.6 Å². The number of benzene rings is 1. The molecule has 1 aromatic carbocycles. The molecular formula is C22H26N2. The topological polar surface area (TPSA) is 16.1 Å². The summed E-state index contributed by atoms with van der Waals surface area (Å²) >= 11 is 0. The molecule has 1 saturated heterocycles. The van der Waals surface area contributed by atoms with Gasteiger partial charge < -0.3 is 4.90 Å². The molecular weight excluding hydrogens is 292 g/mol. The molecule has 2 heterocycles. The lowest BCUT2D eigenvalue weighted by Gasteiger charge is -2.58. The van der Waals surface area contributed by atoms with E-state index < -0.39 is 0 Å². The van der Waals surface area contributed by atoms with Crippen molar-refractivity contribution in [3.05, 3.63) is 53.9 Å². The van der Waals surface area contributed by atoms with Gasteiger partial charge in [0.1, 0.15) is 0 Å². The lowest BCUT2D eigenvalue weighted by Crippen LogP contribution is -2.59. The Labute approximate surface area is 144 Å². The van der Waals surface area contributed by atoms with E-state index in [9.17, 15) is 0 Å². The van der Waals surface area contributed by atoms with Crippen molar-refractivity contribution in [2.24, 2.45) is 5.92 Å². The van der Waals surface area contributed by atoms with Crippen LogP contribution in [0.25, 0.3) is 11.1 Å². The van der Waals surface area contributed by atoms with E-state index in [2.05, 4.69) is 47.3 Å². The molecule has 3 atom stereocenters. The van der Waals surface area contributed by atoms with Gasteiger partial charge in [-0.25, -0.2) is 0 Å². The molecule has 2 heteroatoms. The monoisotopic (exact) mass is 318 g/mol. The fraction of sp³-hybridized carbons (Fsp3) is 0.500. The number of nitrogens with zero attached hydrogens (tertiary/aromatic N) is 2. The van der Waals surface area contributed by atoms with Crippen LogP contribution in [0.5, 0.6) is 0 Å². The molecule has 0 spiro atoms. The largest absolute Gasteiger partial charge is 0.303 e. The van der Waals surface area contributed by atoms with Crippen molar-refractivity contribution in [3.63, 3.8) is 0 Å². The molecule has 2 fully saturated rings. The lowest BCUT2D eigenvalue weighted by molar-refractivity contribution is 0.00290. The fourth-order valence-corrected chi connectivity index (χ4v) is 5.92. The third-order valence-electron chi connectivity index (χ3n) is 7.13. The first-order valence-corrected chi connectivity index (χ1v) is 9.52. The minimum absolute atomic E-state index is 0.450. The standard InChI is InChI=1S/C22H26N2/c1-24-13-10-22-9-3-2-4-19(22)21(24)15-18-6-5-17(14-20(18)22)16-7-11-23-12-8-16/h5-8,11-12,14,19,21H,2-4,9-10,13,15H2,1H3/t19-,21+,22-/m0/s1. The summed E-state index contributed by atoms with van der Waals surface area (Å²) in [6.07, 6.45) is 12.1. The van der Waals surface area contributed by atoms with E-state index in [1.54, 1.807) is 11.1 Å². The Morgan fingerprint density at radius 1 is 1.04 bits per heavy atom. The summed E-state index contributed by atoms with van der Waals surface area (Å²) in [4.78, 5) is 6.82. The van der Waals surface area contributed by atoms with Crippen LogP contribution in [0.3, 0.4) is 0 Å². The predicted octanol–water partition coefficient (Wildman–Crippen LogP) is 4.44. The third kappa shape index (κ3) is 2.02. The quantitative estimate of drug-likeness (QED) is 0.773. The SMILES string of the molecule is CN1CC[C@@]23CCCC[C@H]2[C@H]1Cc1ccc(-c2ccncc2)cc13. The van der Waals surface area contributed by atoms with Gasteiger partial charge in [-0.1, -0.05) is 31.0 Å². The number of likely N-dealkylation sites (N-methyl/N-ethyl adjacent to an activating group) is 1. The van der Waals surface area contributed by atoms with Gasteiger partial charge in [-0.15, -0.1) is 0 Å². The Morgan fingerprint density at radius 2 is 1.92 bits per heavy atom. The minimum atomic E-state index is 0.450. The van der Waals surface area contributed by atoms with Crippen LogP contribution in [0, 0.1) is 5.92 Å². The second-order valence-corrected chi connectivity index (χ2v) is 8.12. The molecule has 124 valence electrons. The van der Waals surface area contributed by atoms with Gasteiger partial charge in [0, 0.05) is 23.9 Å². The van der Waals surface area contributed by atoms with Crippen LogP contribution in [-0.2, 0) is 11.8 Å². The van der Waals surface area contributed by atoms with Crippen LogP contribution in [0.2, 0.25) is 0 Å². The highest BCUT2D eigenvalue weighted by molar-refractivity contribution is 5.65. The van der Waals surface area contributed by atoms with E-state index in [1.165, 1.54) is 56.2 Å². The molecule has 24 heavy (non-hydrogen) atoms. The zero-order chi connectivity index (χ0) is 16.1. The summed E-state index contributed by atoms with van der Waals surface area (Å²) in [5.74, 6) is 0.866. The number of likely N-dealkylation sites (tertiary alicyclic amines) is 1. The Morgan fingerprint density at radius 3 is 2.79 bits per heavy atom. The maximum Gasteiger partial charge on any atom is 0.0273 e. The highest BCUT2D eigenvalue weighted by Gasteiger charge is 2.52. The van der Waals surface area contributed by atoms with Gasteiger partial charge in [0.25, 0.3) is 0 Å². The summed E-state index contributed by atoms with van der Waals surface area (Å²) < 4.78 is 0. The fourth-order valence-electron chi connectivity index (χ4n) is 5.92. The van der Waals surface area contributed by atoms with Crippen molar-refractivity contribution in [1.82, 2.24) is 9.88 Å². The van der Waals surface area contributed by atoms with Crippen molar-refractivity contribution < 1.29 is 0 Å². The molecule has 1 aliphatic heterocycles. The van der Waals surface area contributed by atoms with Gasteiger partial charge in [0.15, 0.2) is 0 Å². The molecule has 2 aliphatic carbocycles. The smallest absolute Gasteiger partial charge is 0.0273 e. The number of fused-ring (bicyclic) bond motifs is 1. The zero-order valence-corrected chi connectivity index (χ0v) is 14.5. The molecule has 1 saturated carbocycles. The van der Waals surface area contributed by atoms with Crippen molar-refractivity contribution in [2.45, 2.75) is 50.0 Å². The molecule has 1 aromatic heterocycles. The maximum atomic E-state index is 4.18. The van der Waals surface area contributed by atoms with Crippen LogP contribution in [0.4, 0.5) is 0 Å². The summed E-state index contributed by atoms with van der Waals surface area (Å²) in [6, 6.07) is 12.3. The van der Waals surface area contributed by atoms with E-state index >= 15 is 0 Å². The van der Waals surface area contributed by atoms with Gasteiger partial charge in [-0.3, -0.25) is 4.98 Å². The number of aromatic nitrogens is 1. The molecule has 0 amide bonds. The summed E-state index contributed by atoms with van der Waals surface area (Å²) in [6.45, 7) is 1.26. The number of pyridine rings is 1. The van der Waals surface area contributed by atoms with Crippen LogP contribution < -0.4 is 0 Å². The predicted molar refractivity (Wildman–Crippen MR) is 98.0 cm³/mol.